The molecule has 0 aromatic rings. The summed E-state index contributed by atoms with van der Waals surface area (Å²) in [5.41, 5.74) is -2.39. The van der Waals surface area contributed by atoms with Gasteiger partial charge in [-0.2, -0.15) is 0 Å². The summed E-state index contributed by atoms with van der Waals surface area (Å²) in [7, 11) is 0.873. The highest BCUT2D eigenvalue weighted by molar-refractivity contribution is 6.15. The summed E-state index contributed by atoms with van der Waals surface area (Å²) in [5, 5.41) is 3.47. The predicted octanol–water partition coefficient (Wildman–Crippen LogP) is 1.77. The lowest BCUT2D eigenvalue weighted by Gasteiger charge is -2.54. The largest absolute Gasteiger partial charge is 0.349 e. The van der Waals surface area contributed by atoms with Crippen molar-refractivity contribution in [1.82, 2.24) is 5.32 Å². The third-order valence-electron chi connectivity index (χ3n) is 5.51. The van der Waals surface area contributed by atoms with Crippen LogP contribution in [-0.2, 0) is 37.9 Å². The van der Waals surface area contributed by atoms with Gasteiger partial charge in [-0.05, 0) is 54.4 Å². The quantitative estimate of drug-likeness (QED) is 0.112. The molecule has 0 heterocycles. The Morgan fingerprint density at radius 3 is 0.971 bits per heavy atom. The maximum atomic E-state index is 6.40. The molecular weight excluding hydrogens is 486 g/mol. The number of hydrogen-bond acceptors (Lipinski definition) is 9. The van der Waals surface area contributed by atoms with E-state index in [1.165, 1.54) is 0 Å². The standard InChI is InChI=1S/C24H55NO8Si2/c1-9-17-19-32-23(34,30-15-7)21(26-11-3,27-12-4)25-22(28-13-5,29-14-6)24(35,31-16-8)33-20-18-10-2/h25H,9-20H2,1-8,34-35H3. The first-order chi connectivity index (χ1) is 16.7. The molecule has 0 aliphatic heterocycles. The fourth-order valence-corrected chi connectivity index (χ4v) is 5.66. The van der Waals surface area contributed by atoms with Crippen LogP contribution < -0.4 is 5.32 Å². The van der Waals surface area contributed by atoms with Crippen molar-refractivity contribution in [3.8, 4) is 0 Å². The van der Waals surface area contributed by atoms with E-state index in [1.54, 1.807) is 0 Å². The molecule has 0 saturated heterocycles. The lowest BCUT2D eigenvalue weighted by Crippen LogP contribution is -2.80. The Hall–Kier alpha value is 0.0738. The highest BCUT2D eigenvalue weighted by atomic mass is 28.2. The van der Waals surface area contributed by atoms with E-state index in [0.717, 1.165) is 25.7 Å². The van der Waals surface area contributed by atoms with Crippen molar-refractivity contribution in [2.75, 3.05) is 52.9 Å². The van der Waals surface area contributed by atoms with Crippen molar-refractivity contribution in [2.45, 2.75) is 104 Å². The van der Waals surface area contributed by atoms with Crippen LogP contribution in [0.15, 0.2) is 0 Å². The average molecular weight is 542 g/mol. The predicted molar refractivity (Wildman–Crippen MR) is 145 cm³/mol. The van der Waals surface area contributed by atoms with E-state index in [9.17, 15) is 0 Å². The van der Waals surface area contributed by atoms with Crippen molar-refractivity contribution < 1.29 is 37.9 Å². The van der Waals surface area contributed by atoms with E-state index < -0.39 is 22.6 Å². The van der Waals surface area contributed by atoms with Gasteiger partial charge < -0.3 is 37.9 Å². The normalized spacial score (nSPS) is 16.5. The molecule has 0 amide bonds. The molecule has 0 aromatic carbocycles. The van der Waals surface area contributed by atoms with Crippen molar-refractivity contribution in [3.05, 3.63) is 0 Å². The van der Waals surface area contributed by atoms with Crippen LogP contribution in [0.4, 0.5) is 0 Å². The maximum absolute atomic E-state index is 6.40. The van der Waals surface area contributed by atoms with Crippen LogP contribution in [0.2, 0.25) is 0 Å². The lowest BCUT2D eigenvalue weighted by molar-refractivity contribution is -0.453. The van der Waals surface area contributed by atoms with Gasteiger partial charge in [0, 0.05) is 52.9 Å². The van der Waals surface area contributed by atoms with Crippen LogP contribution in [0, 0.1) is 0 Å². The smallest absolute Gasteiger partial charge is 0.283 e. The molecule has 0 bridgehead atoms. The minimum Gasteiger partial charge on any atom is -0.349 e. The Labute approximate surface area is 220 Å². The summed E-state index contributed by atoms with van der Waals surface area (Å²) in [6, 6.07) is 0. The topological polar surface area (TPSA) is 85.9 Å². The molecule has 35 heavy (non-hydrogen) atoms. The molecule has 0 aliphatic carbocycles. The van der Waals surface area contributed by atoms with Crippen molar-refractivity contribution >= 4 is 20.5 Å². The van der Waals surface area contributed by atoms with Gasteiger partial charge in [0.15, 0.2) is 0 Å². The molecule has 0 aromatic heterocycles. The molecule has 0 radical (unpaired) electrons. The third-order valence-corrected chi connectivity index (χ3v) is 7.98. The first-order valence-corrected chi connectivity index (χ1v) is 15.6. The SMILES string of the molecule is CCCCOC([SiH3])(OCC)C(NC(OCC)(OCC)C([SiH3])(OCC)OCCCC)(OCC)OCC. The van der Waals surface area contributed by atoms with Crippen molar-refractivity contribution in [1.29, 1.82) is 0 Å². The minimum absolute atomic E-state index is 0.342. The Kier molecular flexibility index (Phi) is 18.4. The summed E-state index contributed by atoms with van der Waals surface area (Å²) < 4.78 is 50.8. The van der Waals surface area contributed by atoms with E-state index in [4.69, 9.17) is 37.9 Å². The molecule has 212 valence electrons. The third kappa shape index (κ3) is 9.71. The van der Waals surface area contributed by atoms with E-state index in [-0.39, 0.29) is 0 Å². The molecule has 0 rings (SSSR count). The van der Waals surface area contributed by atoms with E-state index in [2.05, 4.69) is 19.2 Å². The number of unbranched alkanes of at least 4 members (excludes halogenated alkanes) is 2. The zero-order valence-corrected chi connectivity index (χ0v) is 28.3. The van der Waals surface area contributed by atoms with Gasteiger partial charge in [-0.3, -0.25) is 0 Å². The van der Waals surface area contributed by atoms with Gasteiger partial charge in [0.25, 0.3) is 11.8 Å². The van der Waals surface area contributed by atoms with E-state index in [0.29, 0.717) is 73.3 Å². The van der Waals surface area contributed by atoms with Gasteiger partial charge in [-0.1, -0.05) is 26.7 Å². The van der Waals surface area contributed by atoms with Gasteiger partial charge in [0.05, 0.1) is 20.5 Å². The summed E-state index contributed by atoms with van der Waals surface area (Å²) >= 11 is 0. The molecule has 0 spiro atoms. The van der Waals surface area contributed by atoms with Crippen molar-refractivity contribution in [2.24, 2.45) is 0 Å². The average Bonchev–Trinajstić information content (AvgIpc) is 2.80. The molecule has 0 fully saturated rings. The maximum Gasteiger partial charge on any atom is 0.283 e. The number of hydrogen-bond donors (Lipinski definition) is 1. The zero-order valence-electron chi connectivity index (χ0n) is 24.3. The van der Waals surface area contributed by atoms with Crippen LogP contribution in [0.25, 0.3) is 0 Å². The van der Waals surface area contributed by atoms with Crippen LogP contribution in [0.1, 0.15) is 81.1 Å². The zero-order chi connectivity index (χ0) is 26.8. The molecule has 2 atom stereocenters. The number of ether oxygens (including phenoxy) is 8. The lowest BCUT2D eigenvalue weighted by atomic mass is 10.3. The van der Waals surface area contributed by atoms with Crippen molar-refractivity contribution in [3.63, 3.8) is 0 Å². The number of rotatable bonds is 24. The molecule has 0 aliphatic rings. The van der Waals surface area contributed by atoms with Gasteiger partial charge in [-0.15, -0.1) is 0 Å². The molecule has 2 unspecified atom stereocenters. The summed E-state index contributed by atoms with van der Waals surface area (Å²) in [5.74, 6) is -3.06. The summed E-state index contributed by atoms with van der Waals surface area (Å²) in [4.78, 5) is 0. The Morgan fingerprint density at radius 2 is 0.743 bits per heavy atom. The second-order valence-corrected chi connectivity index (χ2v) is 10.9. The Balaban J connectivity index is 6.87. The summed E-state index contributed by atoms with van der Waals surface area (Å²) in [6.07, 6.45) is 3.76. The molecule has 11 heteroatoms. The van der Waals surface area contributed by atoms with Gasteiger partial charge in [0.1, 0.15) is 0 Å². The van der Waals surface area contributed by atoms with Crippen LogP contribution in [-0.4, -0.2) is 96.0 Å². The van der Waals surface area contributed by atoms with Crippen LogP contribution >= 0.6 is 0 Å². The Bertz CT molecular complexity index is 478. The second kappa shape index (κ2) is 18.3. The van der Waals surface area contributed by atoms with Crippen LogP contribution in [0.3, 0.4) is 0 Å². The highest BCUT2D eigenvalue weighted by Gasteiger charge is 2.63. The molecule has 1 N–H and O–H groups in total. The molecule has 0 saturated carbocycles. The fraction of sp³-hybridized carbons (Fsp3) is 1.00. The highest BCUT2D eigenvalue weighted by Crippen LogP contribution is 2.37. The fourth-order valence-electron chi connectivity index (χ4n) is 3.85. The van der Waals surface area contributed by atoms with E-state index >= 15 is 0 Å². The summed E-state index contributed by atoms with van der Waals surface area (Å²) in [6.45, 7) is 19.0. The first kappa shape index (κ1) is 35.1. The first-order valence-electron chi connectivity index (χ1n) is 13.6. The van der Waals surface area contributed by atoms with Gasteiger partial charge in [-0.25, -0.2) is 5.32 Å². The molecule has 9 nitrogen and oxygen atoms in total. The van der Waals surface area contributed by atoms with E-state index in [1.807, 2.05) is 41.5 Å². The number of nitrogens with one attached hydrogen (secondary N) is 1. The minimum atomic E-state index is -1.53. The van der Waals surface area contributed by atoms with Gasteiger partial charge >= 0.3 is 0 Å². The van der Waals surface area contributed by atoms with Crippen LogP contribution in [0.5, 0.6) is 0 Å². The monoisotopic (exact) mass is 541 g/mol. The molecular formula is C24H55NO8Si2. The Morgan fingerprint density at radius 1 is 0.457 bits per heavy atom. The van der Waals surface area contributed by atoms with Gasteiger partial charge in [0.2, 0.25) is 10.8 Å². The second-order valence-electron chi connectivity index (χ2n) is 8.25.